The van der Waals surface area contributed by atoms with Gasteiger partial charge in [-0.05, 0) is 48.4 Å². The summed E-state index contributed by atoms with van der Waals surface area (Å²) in [7, 11) is 2.06. The molecule has 0 radical (unpaired) electrons. The summed E-state index contributed by atoms with van der Waals surface area (Å²) in [5.41, 5.74) is 4.87. The first kappa shape index (κ1) is 17.0. The molecule has 0 saturated carbocycles. The van der Waals surface area contributed by atoms with Crippen molar-refractivity contribution in [2.24, 2.45) is 7.05 Å². The van der Waals surface area contributed by atoms with Gasteiger partial charge in [0.1, 0.15) is 5.82 Å². The lowest BCUT2D eigenvalue weighted by Crippen LogP contribution is -2.11. The van der Waals surface area contributed by atoms with Crippen molar-refractivity contribution in [3.05, 3.63) is 95.8 Å². The van der Waals surface area contributed by atoms with Crippen molar-refractivity contribution in [1.29, 1.82) is 0 Å². The van der Waals surface area contributed by atoms with Gasteiger partial charge in [-0.1, -0.05) is 42.5 Å². The van der Waals surface area contributed by atoms with Crippen molar-refractivity contribution in [3.63, 3.8) is 0 Å². The molecule has 0 aliphatic heterocycles. The van der Waals surface area contributed by atoms with Crippen LogP contribution in [-0.2, 0) is 19.9 Å². The number of fused-ring (bicyclic) bond motifs is 1. The molecule has 0 atom stereocenters. The Hall–Kier alpha value is -3.40. The van der Waals surface area contributed by atoms with E-state index in [1.165, 1.54) is 5.56 Å². The van der Waals surface area contributed by atoms with Crippen molar-refractivity contribution >= 4 is 22.6 Å². The topological polar surface area (TPSA) is 46.9 Å². The normalized spacial score (nSPS) is 10.9. The van der Waals surface area contributed by atoms with Gasteiger partial charge in [0, 0.05) is 24.7 Å². The maximum Gasteiger partial charge on any atom is 0.255 e. The average molecular weight is 355 g/mol. The highest BCUT2D eigenvalue weighted by Crippen LogP contribution is 2.17. The number of imidazole rings is 1. The lowest BCUT2D eigenvalue weighted by atomic mass is 10.1. The predicted octanol–water partition coefficient (Wildman–Crippen LogP) is 4.61. The minimum atomic E-state index is -0.0944. The fourth-order valence-corrected chi connectivity index (χ4v) is 3.22. The molecule has 0 unspecified atom stereocenters. The van der Waals surface area contributed by atoms with Crippen molar-refractivity contribution in [2.45, 2.75) is 12.8 Å². The number of para-hydroxylation sites is 2. The third kappa shape index (κ3) is 3.75. The average Bonchev–Trinajstić information content (AvgIpc) is 3.04. The van der Waals surface area contributed by atoms with Crippen LogP contribution in [0.1, 0.15) is 21.7 Å². The van der Waals surface area contributed by atoms with E-state index in [1.807, 2.05) is 48.5 Å². The van der Waals surface area contributed by atoms with Gasteiger partial charge in [-0.2, -0.15) is 0 Å². The van der Waals surface area contributed by atoms with Crippen LogP contribution in [0.25, 0.3) is 11.0 Å². The van der Waals surface area contributed by atoms with E-state index in [0.29, 0.717) is 5.56 Å². The summed E-state index contributed by atoms with van der Waals surface area (Å²) in [4.78, 5) is 16.9. The van der Waals surface area contributed by atoms with Crippen molar-refractivity contribution < 1.29 is 4.79 Å². The molecule has 0 spiro atoms. The first-order chi connectivity index (χ1) is 13.2. The summed E-state index contributed by atoms with van der Waals surface area (Å²) in [6, 6.07) is 25.4. The van der Waals surface area contributed by atoms with Gasteiger partial charge in [0.25, 0.3) is 5.91 Å². The van der Waals surface area contributed by atoms with Crippen molar-refractivity contribution in [2.75, 3.05) is 5.32 Å². The maximum absolute atomic E-state index is 12.2. The molecule has 134 valence electrons. The van der Waals surface area contributed by atoms with E-state index in [0.717, 1.165) is 35.4 Å². The van der Waals surface area contributed by atoms with Crippen molar-refractivity contribution in [1.82, 2.24) is 9.55 Å². The Morgan fingerprint density at radius 3 is 2.33 bits per heavy atom. The first-order valence-corrected chi connectivity index (χ1v) is 9.06. The zero-order chi connectivity index (χ0) is 18.6. The maximum atomic E-state index is 12.2. The van der Waals surface area contributed by atoms with Crippen molar-refractivity contribution in [3.8, 4) is 0 Å². The number of nitrogens with zero attached hydrogens (tertiary/aromatic N) is 2. The van der Waals surface area contributed by atoms with Crippen LogP contribution in [0.5, 0.6) is 0 Å². The van der Waals surface area contributed by atoms with E-state index in [4.69, 9.17) is 4.98 Å². The molecule has 0 saturated heterocycles. The van der Waals surface area contributed by atoms with E-state index in [1.54, 1.807) is 12.1 Å². The second kappa shape index (κ2) is 7.46. The zero-order valence-electron chi connectivity index (χ0n) is 15.2. The van der Waals surface area contributed by atoms with Crippen LogP contribution in [0.4, 0.5) is 5.69 Å². The van der Waals surface area contributed by atoms with Crippen LogP contribution in [0.3, 0.4) is 0 Å². The molecule has 3 aromatic carbocycles. The Balaban J connectivity index is 1.40. The highest BCUT2D eigenvalue weighted by atomic mass is 16.1. The third-order valence-electron chi connectivity index (χ3n) is 4.76. The number of nitrogens with one attached hydrogen (secondary N) is 1. The number of aryl methyl sites for hydroxylation is 3. The van der Waals surface area contributed by atoms with Crippen LogP contribution in [0.2, 0.25) is 0 Å². The smallest absolute Gasteiger partial charge is 0.255 e. The summed E-state index contributed by atoms with van der Waals surface area (Å²) in [6.45, 7) is 0. The largest absolute Gasteiger partial charge is 0.331 e. The van der Waals surface area contributed by atoms with Gasteiger partial charge in [-0.3, -0.25) is 4.79 Å². The van der Waals surface area contributed by atoms with E-state index in [2.05, 4.69) is 35.1 Å². The molecule has 0 bridgehead atoms. The number of rotatable bonds is 5. The Morgan fingerprint density at radius 1 is 0.889 bits per heavy atom. The van der Waals surface area contributed by atoms with Crippen LogP contribution < -0.4 is 5.32 Å². The lowest BCUT2D eigenvalue weighted by molar-refractivity contribution is 0.102. The van der Waals surface area contributed by atoms with E-state index < -0.39 is 0 Å². The van der Waals surface area contributed by atoms with Crippen LogP contribution >= 0.6 is 0 Å². The molecule has 0 fully saturated rings. The Bertz CT molecular complexity index is 1070. The molecule has 1 aromatic heterocycles. The molecule has 27 heavy (non-hydrogen) atoms. The number of hydrogen-bond acceptors (Lipinski definition) is 2. The van der Waals surface area contributed by atoms with Gasteiger partial charge in [0.2, 0.25) is 0 Å². The highest BCUT2D eigenvalue weighted by Gasteiger charge is 2.08. The van der Waals surface area contributed by atoms with Crippen LogP contribution in [0.15, 0.2) is 78.9 Å². The number of carbonyl (C=O) groups is 1. The number of hydrogen-bond donors (Lipinski definition) is 1. The summed E-state index contributed by atoms with van der Waals surface area (Å²) in [6.07, 6.45) is 1.78. The summed E-state index contributed by atoms with van der Waals surface area (Å²) in [5.74, 6) is 0.987. The summed E-state index contributed by atoms with van der Waals surface area (Å²) in [5, 5.41) is 2.93. The SMILES string of the molecule is Cn1c(CCc2ccc(NC(=O)c3ccccc3)cc2)nc2ccccc21. The first-order valence-electron chi connectivity index (χ1n) is 9.06. The molecule has 4 heteroatoms. The minimum Gasteiger partial charge on any atom is -0.331 e. The molecule has 0 aliphatic carbocycles. The molecule has 4 rings (SSSR count). The fourth-order valence-electron chi connectivity index (χ4n) is 3.22. The Labute approximate surface area is 158 Å². The van der Waals surface area contributed by atoms with Gasteiger partial charge in [0.05, 0.1) is 11.0 Å². The van der Waals surface area contributed by atoms with Gasteiger partial charge < -0.3 is 9.88 Å². The minimum absolute atomic E-state index is 0.0944. The number of amides is 1. The summed E-state index contributed by atoms with van der Waals surface area (Å²) >= 11 is 0. The molecule has 4 nitrogen and oxygen atoms in total. The van der Waals surface area contributed by atoms with E-state index in [9.17, 15) is 4.79 Å². The predicted molar refractivity (Wildman–Crippen MR) is 109 cm³/mol. The number of carbonyl (C=O) groups excluding carboxylic acids is 1. The highest BCUT2D eigenvalue weighted by molar-refractivity contribution is 6.04. The number of benzene rings is 3. The second-order valence-electron chi connectivity index (χ2n) is 6.59. The lowest BCUT2D eigenvalue weighted by Gasteiger charge is -2.07. The molecule has 0 aliphatic rings. The second-order valence-corrected chi connectivity index (χ2v) is 6.59. The van der Waals surface area contributed by atoms with Gasteiger partial charge in [-0.15, -0.1) is 0 Å². The van der Waals surface area contributed by atoms with Crippen LogP contribution in [-0.4, -0.2) is 15.5 Å². The number of aromatic nitrogens is 2. The van der Waals surface area contributed by atoms with E-state index >= 15 is 0 Å². The summed E-state index contributed by atoms with van der Waals surface area (Å²) < 4.78 is 2.16. The standard InChI is InChI=1S/C23H21N3O/c1-26-21-10-6-5-9-20(21)25-22(26)16-13-17-11-14-19(15-12-17)24-23(27)18-7-3-2-4-8-18/h2-12,14-15H,13,16H2,1H3,(H,24,27). The Kier molecular flexibility index (Phi) is 4.71. The molecule has 1 heterocycles. The van der Waals surface area contributed by atoms with Gasteiger partial charge >= 0.3 is 0 Å². The Morgan fingerprint density at radius 2 is 1.59 bits per heavy atom. The van der Waals surface area contributed by atoms with Gasteiger partial charge in [-0.25, -0.2) is 4.98 Å². The molecule has 1 N–H and O–H groups in total. The molecular weight excluding hydrogens is 334 g/mol. The van der Waals surface area contributed by atoms with Crippen LogP contribution in [0, 0.1) is 0 Å². The van der Waals surface area contributed by atoms with Gasteiger partial charge in [0.15, 0.2) is 0 Å². The monoisotopic (exact) mass is 355 g/mol. The third-order valence-corrected chi connectivity index (χ3v) is 4.76. The molecule has 1 amide bonds. The number of anilines is 1. The quantitative estimate of drug-likeness (QED) is 0.568. The fraction of sp³-hybridized carbons (Fsp3) is 0.130. The molecular formula is C23H21N3O. The van der Waals surface area contributed by atoms with E-state index in [-0.39, 0.29) is 5.91 Å². The zero-order valence-corrected chi connectivity index (χ0v) is 15.2. The molecule has 4 aromatic rings.